The number of hydrogen-bond donors (Lipinski definition) is 2. The van der Waals surface area contributed by atoms with Gasteiger partial charge in [0.25, 0.3) is 5.91 Å². The summed E-state index contributed by atoms with van der Waals surface area (Å²) in [6.07, 6.45) is 4.57. The Kier molecular flexibility index (Phi) is 4.95. The van der Waals surface area contributed by atoms with Crippen molar-refractivity contribution in [2.24, 2.45) is 0 Å². The third-order valence-electron chi connectivity index (χ3n) is 4.32. The summed E-state index contributed by atoms with van der Waals surface area (Å²) in [5.74, 6) is 0.00583. The van der Waals surface area contributed by atoms with Gasteiger partial charge in [0.2, 0.25) is 0 Å². The predicted octanol–water partition coefficient (Wildman–Crippen LogP) is 3.08. The number of carbonyl (C=O) groups is 1. The molecule has 2 aliphatic heterocycles. The van der Waals surface area contributed by atoms with Crippen LogP contribution in [-0.2, 0) is 0 Å². The molecule has 2 N–H and O–H groups in total. The van der Waals surface area contributed by atoms with Gasteiger partial charge >= 0.3 is 0 Å². The van der Waals surface area contributed by atoms with Crippen LogP contribution in [0.25, 0.3) is 0 Å². The lowest BCUT2D eigenvalue weighted by molar-refractivity contribution is 0.0923. The summed E-state index contributed by atoms with van der Waals surface area (Å²) < 4.78 is 0. The second-order valence-electron chi connectivity index (χ2n) is 5.69. The van der Waals surface area contributed by atoms with Crippen LogP contribution in [0.2, 0.25) is 5.02 Å². The van der Waals surface area contributed by atoms with E-state index in [9.17, 15) is 4.79 Å². The topological polar surface area (TPSA) is 41.1 Å². The van der Waals surface area contributed by atoms with Gasteiger partial charge in [0, 0.05) is 28.7 Å². The number of benzene rings is 1. The van der Waals surface area contributed by atoms with Crippen LogP contribution in [0.1, 0.15) is 41.6 Å². The quantitative estimate of drug-likeness (QED) is 0.880. The highest BCUT2D eigenvalue weighted by Gasteiger charge is 2.34. The number of hydrogen-bond acceptors (Lipinski definition) is 2. The molecule has 5 heteroatoms. The summed E-state index contributed by atoms with van der Waals surface area (Å²) in [5, 5.41) is 7.40. The molecule has 2 fully saturated rings. The Morgan fingerprint density at radius 2 is 1.95 bits per heavy atom. The van der Waals surface area contributed by atoms with E-state index in [0.29, 0.717) is 28.7 Å². The molecule has 2 unspecified atom stereocenters. The largest absolute Gasteiger partial charge is 0.349 e. The molecule has 1 amide bonds. The Morgan fingerprint density at radius 1 is 1.30 bits per heavy atom. The highest BCUT2D eigenvalue weighted by Crippen LogP contribution is 2.27. The molecular weight excluding hydrogens is 295 g/mol. The standard InChI is InChI=1S/C15H19ClN2O.ClH/c1-9-13(3-2-4-14(9)16)15(19)18-12-7-10-5-6-11(8-12)17-10;/h2-4,10-12,17H,5-8H2,1H3,(H,18,19);1H. The maximum Gasteiger partial charge on any atom is 0.251 e. The van der Waals surface area contributed by atoms with E-state index in [1.807, 2.05) is 25.1 Å². The molecule has 2 aliphatic rings. The van der Waals surface area contributed by atoms with Gasteiger partial charge in [-0.1, -0.05) is 17.7 Å². The van der Waals surface area contributed by atoms with Crippen molar-refractivity contribution in [1.82, 2.24) is 10.6 Å². The summed E-state index contributed by atoms with van der Waals surface area (Å²) in [5.41, 5.74) is 1.55. The fourth-order valence-corrected chi connectivity index (χ4v) is 3.47. The van der Waals surface area contributed by atoms with Gasteiger partial charge in [-0.15, -0.1) is 12.4 Å². The van der Waals surface area contributed by atoms with Gasteiger partial charge in [-0.25, -0.2) is 0 Å². The van der Waals surface area contributed by atoms with Crippen molar-refractivity contribution in [2.75, 3.05) is 0 Å². The molecule has 0 spiro atoms. The molecule has 2 heterocycles. The second-order valence-corrected chi connectivity index (χ2v) is 6.10. The molecule has 0 saturated carbocycles. The average Bonchev–Trinajstić information content (AvgIpc) is 2.72. The van der Waals surface area contributed by atoms with Gasteiger partial charge in [0.05, 0.1) is 0 Å². The van der Waals surface area contributed by atoms with Crippen LogP contribution in [0.5, 0.6) is 0 Å². The summed E-state index contributed by atoms with van der Waals surface area (Å²) in [4.78, 5) is 12.3. The zero-order valence-corrected chi connectivity index (χ0v) is 13.1. The second kappa shape index (κ2) is 6.33. The first-order valence-electron chi connectivity index (χ1n) is 6.95. The van der Waals surface area contributed by atoms with E-state index in [2.05, 4.69) is 10.6 Å². The summed E-state index contributed by atoms with van der Waals surface area (Å²) in [6, 6.07) is 6.96. The molecule has 1 aromatic rings. The molecule has 3 rings (SSSR count). The smallest absolute Gasteiger partial charge is 0.251 e. The SMILES string of the molecule is Cc1c(Cl)cccc1C(=O)NC1CC2CCC(C1)N2.Cl. The van der Waals surface area contributed by atoms with E-state index in [4.69, 9.17) is 11.6 Å². The van der Waals surface area contributed by atoms with E-state index >= 15 is 0 Å². The van der Waals surface area contributed by atoms with Crippen molar-refractivity contribution in [3.05, 3.63) is 34.3 Å². The minimum absolute atomic E-state index is 0. The average molecular weight is 315 g/mol. The number of fused-ring (bicyclic) bond motifs is 2. The van der Waals surface area contributed by atoms with Crippen LogP contribution in [0.3, 0.4) is 0 Å². The molecule has 20 heavy (non-hydrogen) atoms. The Hall–Kier alpha value is -0.770. The number of nitrogens with one attached hydrogen (secondary N) is 2. The monoisotopic (exact) mass is 314 g/mol. The summed E-state index contributed by atoms with van der Waals surface area (Å²) in [7, 11) is 0. The maximum absolute atomic E-state index is 12.3. The van der Waals surface area contributed by atoms with Gasteiger partial charge in [-0.2, -0.15) is 0 Å². The molecule has 0 radical (unpaired) electrons. The lowest BCUT2D eigenvalue weighted by Gasteiger charge is -2.29. The molecular formula is C15H20Cl2N2O. The van der Waals surface area contributed by atoms with Crippen LogP contribution in [0.4, 0.5) is 0 Å². The van der Waals surface area contributed by atoms with Crippen molar-refractivity contribution in [2.45, 2.75) is 50.7 Å². The number of amides is 1. The lowest BCUT2D eigenvalue weighted by Crippen LogP contribution is -2.48. The highest BCUT2D eigenvalue weighted by molar-refractivity contribution is 6.31. The first-order chi connectivity index (χ1) is 9.13. The predicted molar refractivity (Wildman–Crippen MR) is 83.9 cm³/mol. The third-order valence-corrected chi connectivity index (χ3v) is 4.73. The minimum Gasteiger partial charge on any atom is -0.349 e. The molecule has 0 aliphatic carbocycles. The van der Waals surface area contributed by atoms with Crippen molar-refractivity contribution >= 4 is 29.9 Å². The molecule has 110 valence electrons. The maximum atomic E-state index is 12.3. The Bertz CT molecular complexity index is 495. The zero-order valence-electron chi connectivity index (χ0n) is 11.5. The summed E-state index contributed by atoms with van der Waals surface area (Å²) in [6.45, 7) is 1.89. The van der Waals surface area contributed by atoms with Crippen molar-refractivity contribution in [1.29, 1.82) is 0 Å². The Labute approximate surface area is 130 Å². The van der Waals surface area contributed by atoms with Gasteiger partial charge in [0.1, 0.15) is 0 Å². The van der Waals surface area contributed by atoms with E-state index in [0.717, 1.165) is 18.4 Å². The van der Waals surface area contributed by atoms with Gasteiger partial charge in [-0.05, 0) is 50.3 Å². The highest BCUT2D eigenvalue weighted by atomic mass is 35.5. The number of halogens is 2. The fraction of sp³-hybridized carbons (Fsp3) is 0.533. The van der Waals surface area contributed by atoms with Crippen molar-refractivity contribution in [3.8, 4) is 0 Å². The van der Waals surface area contributed by atoms with Crippen molar-refractivity contribution < 1.29 is 4.79 Å². The van der Waals surface area contributed by atoms with E-state index < -0.39 is 0 Å². The molecule has 3 nitrogen and oxygen atoms in total. The van der Waals surface area contributed by atoms with Crippen LogP contribution in [-0.4, -0.2) is 24.0 Å². The van der Waals surface area contributed by atoms with Crippen LogP contribution in [0.15, 0.2) is 18.2 Å². The Balaban J connectivity index is 0.00000147. The number of carbonyl (C=O) groups excluding carboxylic acids is 1. The van der Waals surface area contributed by atoms with Crippen LogP contribution < -0.4 is 10.6 Å². The Morgan fingerprint density at radius 3 is 2.60 bits per heavy atom. The zero-order chi connectivity index (χ0) is 13.4. The molecule has 0 aromatic heterocycles. The minimum atomic E-state index is 0. The first-order valence-corrected chi connectivity index (χ1v) is 7.33. The lowest BCUT2D eigenvalue weighted by atomic mass is 9.99. The van der Waals surface area contributed by atoms with Crippen LogP contribution in [0, 0.1) is 6.92 Å². The van der Waals surface area contributed by atoms with Gasteiger partial charge < -0.3 is 10.6 Å². The molecule has 1 aromatic carbocycles. The fourth-order valence-electron chi connectivity index (χ4n) is 3.29. The molecule has 2 atom stereocenters. The van der Waals surface area contributed by atoms with E-state index in [1.54, 1.807) is 0 Å². The third kappa shape index (κ3) is 3.11. The normalized spacial score (nSPS) is 27.8. The summed E-state index contributed by atoms with van der Waals surface area (Å²) >= 11 is 6.07. The van der Waals surface area contributed by atoms with Gasteiger partial charge in [-0.3, -0.25) is 4.79 Å². The number of rotatable bonds is 2. The molecule has 2 bridgehead atoms. The van der Waals surface area contributed by atoms with E-state index in [1.165, 1.54) is 12.8 Å². The van der Waals surface area contributed by atoms with Gasteiger partial charge in [0.15, 0.2) is 0 Å². The van der Waals surface area contributed by atoms with E-state index in [-0.39, 0.29) is 18.3 Å². The number of piperidine rings is 1. The molecule has 2 saturated heterocycles. The first kappa shape index (κ1) is 15.6. The van der Waals surface area contributed by atoms with Crippen LogP contribution >= 0.6 is 24.0 Å². The van der Waals surface area contributed by atoms with Crippen molar-refractivity contribution in [3.63, 3.8) is 0 Å².